The summed E-state index contributed by atoms with van der Waals surface area (Å²) in [6.07, 6.45) is 1.25. The molecule has 4 rings (SSSR count). The number of esters is 1. The average Bonchev–Trinajstić information content (AvgIpc) is 3.21. The number of hydrogen-bond acceptors (Lipinski definition) is 6. The minimum atomic E-state index is -0.458. The zero-order valence-electron chi connectivity index (χ0n) is 13.7. The van der Waals surface area contributed by atoms with Crippen LogP contribution in [0.2, 0.25) is 0 Å². The molecular formula is C20H11BrO5S. The van der Waals surface area contributed by atoms with E-state index in [4.69, 9.17) is 13.9 Å². The molecule has 0 aliphatic carbocycles. The van der Waals surface area contributed by atoms with Gasteiger partial charge in [-0.25, -0.2) is 4.79 Å². The van der Waals surface area contributed by atoms with Gasteiger partial charge in [-0.15, -0.1) is 11.3 Å². The first-order chi connectivity index (χ1) is 13.1. The van der Waals surface area contributed by atoms with E-state index in [1.54, 1.807) is 41.8 Å². The summed E-state index contributed by atoms with van der Waals surface area (Å²) in [4.78, 5) is 25.2. The average molecular weight is 443 g/mol. The van der Waals surface area contributed by atoms with Gasteiger partial charge in [0.1, 0.15) is 28.2 Å². The smallest absolute Gasteiger partial charge is 0.353 e. The molecule has 0 spiro atoms. The van der Waals surface area contributed by atoms with E-state index < -0.39 is 5.97 Å². The van der Waals surface area contributed by atoms with Crippen molar-refractivity contribution in [2.24, 2.45) is 0 Å². The molecule has 7 heteroatoms. The normalized spacial score (nSPS) is 10.7. The number of carbonyl (C=O) groups excluding carboxylic acids is 1. The summed E-state index contributed by atoms with van der Waals surface area (Å²) in [6, 6.07) is 15.2. The predicted molar refractivity (Wildman–Crippen MR) is 106 cm³/mol. The highest BCUT2D eigenvalue weighted by Crippen LogP contribution is 2.29. The number of ether oxygens (including phenoxy) is 2. The van der Waals surface area contributed by atoms with Gasteiger partial charge in [0.25, 0.3) is 0 Å². The Morgan fingerprint density at radius 3 is 2.67 bits per heavy atom. The summed E-state index contributed by atoms with van der Waals surface area (Å²) >= 11 is 4.66. The van der Waals surface area contributed by atoms with Gasteiger partial charge in [-0.1, -0.05) is 18.2 Å². The lowest BCUT2D eigenvalue weighted by atomic mass is 10.2. The van der Waals surface area contributed by atoms with Crippen molar-refractivity contribution in [3.63, 3.8) is 0 Å². The van der Waals surface area contributed by atoms with Crippen molar-refractivity contribution < 1.29 is 18.7 Å². The summed E-state index contributed by atoms with van der Waals surface area (Å²) < 4.78 is 17.2. The number of hydrogen-bond donors (Lipinski definition) is 0. The maximum atomic E-state index is 12.7. The van der Waals surface area contributed by atoms with Crippen LogP contribution in [0.4, 0.5) is 0 Å². The first-order valence-corrected chi connectivity index (χ1v) is 9.53. The molecule has 134 valence electrons. The van der Waals surface area contributed by atoms with E-state index in [9.17, 15) is 9.59 Å². The Kier molecular flexibility index (Phi) is 4.79. The van der Waals surface area contributed by atoms with Crippen molar-refractivity contribution in [1.29, 1.82) is 0 Å². The van der Waals surface area contributed by atoms with Gasteiger partial charge in [-0.3, -0.25) is 4.79 Å². The lowest BCUT2D eigenvalue weighted by Gasteiger charge is -2.08. The molecule has 0 saturated heterocycles. The fraction of sp³-hybridized carbons (Fsp3) is 0. The van der Waals surface area contributed by atoms with E-state index >= 15 is 0 Å². The van der Waals surface area contributed by atoms with Gasteiger partial charge in [0.15, 0.2) is 0 Å². The molecule has 0 aliphatic heterocycles. The van der Waals surface area contributed by atoms with Crippen LogP contribution in [0, 0.1) is 0 Å². The summed E-state index contributed by atoms with van der Waals surface area (Å²) in [6.45, 7) is 0. The summed E-state index contributed by atoms with van der Waals surface area (Å²) in [5.41, 5.74) is -0.0147. The van der Waals surface area contributed by atoms with Crippen molar-refractivity contribution in [2.75, 3.05) is 0 Å². The Hall–Kier alpha value is -2.90. The van der Waals surface area contributed by atoms with Crippen LogP contribution in [0.5, 0.6) is 17.2 Å². The molecule has 4 aromatic rings. The zero-order chi connectivity index (χ0) is 18.8. The molecule has 0 aliphatic rings. The van der Waals surface area contributed by atoms with E-state index in [0.29, 0.717) is 27.3 Å². The Balaban J connectivity index is 1.63. The second-order valence-corrected chi connectivity index (χ2v) is 7.29. The highest BCUT2D eigenvalue weighted by atomic mass is 79.9. The fourth-order valence-electron chi connectivity index (χ4n) is 2.42. The molecule has 0 N–H and O–H groups in total. The number of halogens is 1. The minimum Gasteiger partial charge on any atom is -0.460 e. The van der Waals surface area contributed by atoms with Crippen molar-refractivity contribution in [3.8, 4) is 17.2 Å². The molecule has 0 bridgehead atoms. The summed E-state index contributed by atoms with van der Waals surface area (Å²) in [5, 5.41) is 2.12. The van der Waals surface area contributed by atoms with Crippen LogP contribution in [0.25, 0.3) is 11.0 Å². The highest BCUT2D eigenvalue weighted by Gasteiger charge is 2.14. The van der Waals surface area contributed by atoms with E-state index in [1.807, 2.05) is 12.1 Å². The molecule has 5 nitrogen and oxygen atoms in total. The Morgan fingerprint density at radius 1 is 1.04 bits per heavy atom. The summed E-state index contributed by atoms with van der Waals surface area (Å²) in [5.74, 6) is 0.410. The Morgan fingerprint density at radius 2 is 1.89 bits per heavy atom. The van der Waals surface area contributed by atoms with Crippen LogP contribution in [-0.2, 0) is 0 Å². The summed E-state index contributed by atoms with van der Waals surface area (Å²) in [7, 11) is 0. The maximum Gasteiger partial charge on any atom is 0.353 e. The fourth-order valence-corrected chi connectivity index (χ4v) is 3.39. The Labute approximate surface area is 165 Å². The van der Waals surface area contributed by atoms with Crippen molar-refractivity contribution >= 4 is 44.2 Å². The van der Waals surface area contributed by atoms with E-state index in [0.717, 1.165) is 4.47 Å². The third-order valence-corrected chi connectivity index (χ3v) is 5.21. The minimum absolute atomic E-state index is 0.0673. The number of benzene rings is 2. The van der Waals surface area contributed by atoms with E-state index in [-0.39, 0.29) is 11.2 Å². The second-order valence-electron chi connectivity index (χ2n) is 5.49. The molecule has 0 unspecified atom stereocenters. The SMILES string of the molecule is O=C(Oc1ccc2c(=O)c(Oc3ccccc3Br)coc2c1)c1cccs1. The van der Waals surface area contributed by atoms with Crippen LogP contribution >= 0.6 is 27.3 Å². The van der Waals surface area contributed by atoms with Gasteiger partial charge in [0.05, 0.1) is 9.86 Å². The number of fused-ring (bicyclic) bond motifs is 1. The quantitative estimate of drug-likeness (QED) is 0.302. The molecule has 2 heterocycles. The lowest BCUT2D eigenvalue weighted by molar-refractivity contribution is 0.0740. The molecule has 2 aromatic heterocycles. The third-order valence-electron chi connectivity index (χ3n) is 3.70. The van der Waals surface area contributed by atoms with Crippen molar-refractivity contribution in [2.45, 2.75) is 0 Å². The van der Waals surface area contributed by atoms with Gasteiger partial charge in [-0.2, -0.15) is 0 Å². The number of para-hydroxylation sites is 1. The molecule has 0 fully saturated rings. The lowest BCUT2D eigenvalue weighted by Crippen LogP contribution is -2.08. The number of carbonyl (C=O) groups is 1. The molecule has 0 atom stereocenters. The van der Waals surface area contributed by atoms with Gasteiger partial charge in [0.2, 0.25) is 11.2 Å². The largest absolute Gasteiger partial charge is 0.460 e. The molecular weight excluding hydrogens is 432 g/mol. The predicted octanol–water partition coefficient (Wildman–Crippen LogP) is 5.63. The molecule has 0 radical (unpaired) electrons. The first-order valence-electron chi connectivity index (χ1n) is 7.85. The first kappa shape index (κ1) is 17.5. The van der Waals surface area contributed by atoms with Crippen LogP contribution in [0.15, 0.2) is 79.9 Å². The second kappa shape index (κ2) is 7.38. The maximum absolute atomic E-state index is 12.7. The number of rotatable bonds is 4. The van der Waals surface area contributed by atoms with Crippen LogP contribution < -0.4 is 14.9 Å². The van der Waals surface area contributed by atoms with Crippen LogP contribution in [-0.4, -0.2) is 5.97 Å². The van der Waals surface area contributed by atoms with Crippen LogP contribution in [0.3, 0.4) is 0 Å². The topological polar surface area (TPSA) is 65.7 Å². The van der Waals surface area contributed by atoms with Gasteiger partial charge in [-0.05, 0) is 51.6 Å². The molecule has 0 saturated carbocycles. The monoisotopic (exact) mass is 442 g/mol. The van der Waals surface area contributed by atoms with Gasteiger partial charge < -0.3 is 13.9 Å². The Bertz CT molecular complexity index is 1180. The standard InChI is InChI=1S/C20H11BrO5S/c21-14-4-1-2-5-15(14)26-17-11-24-16-10-12(7-8-13(16)19(17)22)25-20(23)18-6-3-9-27-18/h1-11H. The van der Waals surface area contributed by atoms with E-state index in [2.05, 4.69) is 15.9 Å². The van der Waals surface area contributed by atoms with Crippen molar-refractivity contribution in [3.05, 3.63) is 85.8 Å². The van der Waals surface area contributed by atoms with Gasteiger partial charge in [0, 0.05) is 6.07 Å². The molecule has 27 heavy (non-hydrogen) atoms. The third kappa shape index (κ3) is 3.65. The zero-order valence-corrected chi connectivity index (χ0v) is 16.1. The highest BCUT2D eigenvalue weighted by molar-refractivity contribution is 9.10. The number of thiophene rings is 1. The van der Waals surface area contributed by atoms with Gasteiger partial charge >= 0.3 is 5.97 Å². The molecule has 0 amide bonds. The van der Waals surface area contributed by atoms with E-state index in [1.165, 1.54) is 23.7 Å². The van der Waals surface area contributed by atoms with Crippen molar-refractivity contribution in [1.82, 2.24) is 0 Å². The molecule has 2 aromatic carbocycles. The van der Waals surface area contributed by atoms with Crippen LogP contribution in [0.1, 0.15) is 9.67 Å².